The van der Waals surface area contributed by atoms with E-state index < -0.39 is 11.8 Å². The van der Waals surface area contributed by atoms with Gasteiger partial charge in [0, 0.05) is 22.8 Å². The summed E-state index contributed by atoms with van der Waals surface area (Å²) >= 11 is 0. The Labute approximate surface area is 163 Å². The van der Waals surface area contributed by atoms with Gasteiger partial charge in [0.2, 0.25) is 0 Å². The predicted molar refractivity (Wildman–Crippen MR) is 110 cm³/mol. The van der Waals surface area contributed by atoms with Crippen molar-refractivity contribution < 1.29 is 19.1 Å². The number of ether oxygens (including phenoxy) is 2. The van der Waals surface area contributed by atoms with Crippen molar-refractivity contribution in [2.75, 3.05) is 23.8 Å². The lowest BCUT2D eigenvalue weighted by molar-refractivity contribution is -0.132. The van der Waals surface area contributed by atoms with Crippen LogP contribution in [-0.2, 0) is 9.59 Å². The Morgan fingerprint density at radius 3 is 2.25 bits per heavy atom. The number of hydrogen-bond donors (Lipinski definition) is 2. The number of benzene rings is 3. The second-order valence-corrected chi connectivity index (χ2v) is 5.96. The Morgan fingerprint density at radius 1 is 0.786 bits per heavy atom. The average molecular weight is 378 g/mol. The number of rotatable bonds is 6. The molecule has 0 unspecified atom stereocenters. The number of nitrogens with one attached hydrogen (secondary N) is 2. The van der Waals surface area contributed by atoms with Crippen LogP contribution in [0.15, 0.2) is 60.7 Å². The smallest absolute Gasteiger partial charge is 0.314 e. The Hall–Kier alpha value is -3.54. The molecule has 0 atom stereocenters. The number of hydrogen-bond acceptors (Lipinski definition) is 4. The van der Waals surface area contributed by atoms with Gasteiger partial charge in [0.1, 0.15) is 0 Å². The van der Waals surface area contributed by atoms with E-state index in [1.807, 2.05) is 50.2 Å². The van der Waals surface area contributed by atoms with E-state index in [-0.39, 0.29) is 0 Å². The van der Waals surface area contributed by atoms with Crippen molar-refractivity contribution in [3.63, 3.8) is 0 Å². The summed E-state index contributed by atoms with van der Waals surface area (Å²) in [6.45, 7) is 4.69. The van der Waals surface area contributed by atoms with Gasteiger partial charge in [-0.1, -0.05) is 36.4 Å². The third-order valence-electron chi connectivity index (χ3n) is 4.05. The molecule has 28 heavy (non-hydrogen) atoms. The monoisotopic (exact) mass is 378 g/mol. The standard InChI is InChI=1S/C22H22N2O4/c1-3-27-19-13-12-16(14-20(19)28-4-2)23-21(25)22(26)24-18-11-7-9-15-8-5-6-10-17(15)18/h5-14H,3-4H2,1-2H3,(H,23,25)(H,24,26). The molecule has 144 valence electrons. The molecule has 2 N–H and O–H groups in total. The highest BCUT2D eigenvalue weighted by molar-refractivity contribution is 6.44. The molecule has 3 aromatic rings. The molecule has 2 amide bonds. The lowest BCUT2D eigenvalue weighted by atomic mass is 10.1. The maximum Gasteiger partial charge on any atom is 0.314 e. The number of carbonyl (C=O) groups excluding carboxylic acids is 2. The molecule has 0 radical (unpaired) electrons. The Morgan fingerprint density at radius 2 is 1.46 bits per heavy atom. The molecule has 0 aromatic heterocycles. The molecule has 0 aliphatic rings. The molecule has 0 fully saturated rings. The largest absolute Gasteiger partial charge is 0.490 e. The fourth-order valence-corrected chi connectivity index (χ4v) is 2.83. The minimum absolute atomic E-state index is 0.449. The SMILES string of the molecule is CCOc1ccc(NC(=O)C(=O)Nc2cccc3ccccc23)cc1OCC. The van der Waals surface area contributed by atoms with Crippen LogP contribution in [0, 0.1) is 0 Å². The normalized spacial score (nSPS) is 10.4. The highest BCUT2D eigenvalue weighted by Crippen LogP contribution is 2.30. The molecule has 0 aliphatic carbocycles. The topological polar surface area (TPSA) is 76.7 Å². The van der Waals surface area contributed by atoms with Gasteiger partial charge in [0.05, 0.1) is 13.2 Å². The van der Waals surface area contributed by atoms with Crippen molar-refractivity contribution in [1.82, 2.24) is 0 Å². The van der Waals surface area contributed by atoms with Gasteiger partial charge in [0.15, 0.2) is 11.5 Å². The highest BCUT2D eigenvalue weighted by atomic mass is 16.5. The van der Waals surface area contributed by atoms with Crippen LogP contribution in [0.2, 0.25) is 0 Å². The quantitative estimate of drug-likeness (QED) is 0.630. The Kier molecular flexibility index (Phi) is 6.11. The van der Waals surface area contributed by atoms with Gasteiger partial charge in [-0.3, -0.25) is 9.59 Å². The maximum atomic E-state index is 12.4. The van der Waals surface area contributed by atoms with E-state index in [0.29, 0.717) is 36.1 Å². The first-order valence-electron chi connectivity index (χ1n) is 9.12. The average Bonchev–Trinajstić information content (AvgIpc) is 2.70. The maximum absolute atomic E-state index is 12.4. The van der Waals surface area contributed by atoms with Crippen molar-refractivity contribution in [3.8, 4) is 11.5 Å². The van der Waals surface area contributed by atoms with E-state index >= 15 is 0 Å². The molecule has 0 saturated heterocycles. The van der Waals surface area contributed by atoms with Gasteiger partial charge < -0.3 is 20.1 Å². The summed E-state index contributed by atoms with van der Waals surface area (Å²) in [6.07, 6.45) is 0. The summed E-state index contributed by atoms with van der Waals surface area (Å²) in [5, 5.41) is 7.11. The summed E-state index contributed by atoms with van der Waals surface area (Å²) in [5.41, 5.74) is 1.03. The van der Waals surface area contributed by atoms with Crippen LogP contribution in [0.1, 0.15) is 13.8 Å². The molecular formula is C22H22N2O4. The fourth-order valence-electron chi connectivity index (χ4n) is 2.83. The lowest BCUT2D eigenvalue weighted by Crippen LogP contribution is -2.29. The van der Waals surface area contributed by atoms with E-state index in [1.54, 1.807) is 24.3 Å². The predicted octanol–water partition coefficient (Wildman–Crippen LogP) is 4.21. The Bertz CT molecular complexity index is 995. The van der Waals surface area contributed by atoms with Gasteiger partial charge >= 0.3 is 11.8 Å². The van der Waals surface area contributed by atoms with Crippen LogP contribution >= 0.6 is 0 Å². The highest BCUT2D eigenvalue weighted by Gasteiger charge is 2.16. The van der Waals surface area contributed by atoms with E-state index in [0.717, 1.165) is 10.8 Å². The zero-order valence-corrected chi connectivity index (χ0v) is 15.8. The van der Waals surface area contributed by atoms with Crippen LogP contribution in [0.5, 0.6) is 11.5 Å². The molecule has 0 spiro atoms. The lowest BCUT2D eigenvalue weighted by Gasteiger charge is -2.13. The summed E-state index contributed by atoms with van der Waals surface area (Å²) in [6, 6.07) is 18.2. The Balaban J connectivity index is 1.73. The van der Waals surface area contributed by atoms with Crippen LogP contribution in [-0.4, -0.2) is 25.0 Å². The van der Waals surface area contributed by atoms with Crippen molar-refractivity contribution in [3.05, 3.63) is 60.7 Å². The second kappa shape index (κ2) is 8.90. The fraction of sp³-hybridized carbons (Fsp3) is 0.182. The summed E-state index contributed by atoms with van der Waals surface area (Å²) in [4.78, 5) is 24.7. The van der Waals surface area contributed by atoms with Gasteiger partial charge in [-0.2, -0.15) is 0 Å². The molecule has 0 bridgehead atoms. The second-order valence-electron chi connectivity index (χ2n) is 5.96. The third kappa shape index (κ3) is 4.40. The van der Waals surface area contributed by atoms with Crippen molar-refractivity contribution in [2.24, 2.45) is 0 Å². The number of carbonyl (C=O) groups is 2. The van der Waals surface area contributed by atoms with Gasteiger partial charge in [-0.25, -0.2) is 0 Å². The molecule has 3 rings (SSSR count). The first-order valence-corrected chi connectivity index (χ1v) is 9.12. The summed E-state index contributed by atoms with van der Waals surface area (Å²) in [5.74, 6) is -0.415. The summed E-state index contributed by atoms with van der Waals surface area (Å²) < 4.78 is 11.0. The number of anilines is 2. The third-order valence-corrected chi connectivity index (χ3v) is 4.05. The molecule has 0 heterocycles. The van der Waals surface area contributed by atoms with E-state index in [2.05, 4.69) is 10.6 Å². The summed E-state index contributed by atoms with van der Waals surface area (Å²) in [7, 11) is 0. The first-order chi connectivity index (χ1) is 13.6. The molecule has 0 saturated carbocycles. The number of amides is 2. The van der Waals surface area contributed by atoms with Crippen LogP contribution in [0.25, 0.3) is 10.8 Å². The molecule has 0 aliphatic heterocycles. The molecule has 6 nitrogen and oxygen atoms in total. The van der Waals surface area contributed by atoms with Crippen molar-refractivity contribution in [1.29, 1.82) is 0 Å². The van der Waals surface area contributed by atoms with Crippen LogP contribution in [0.3, 0.4) is 0 Å². The molecular weight excluding hydrogens is 356 g/mol. The van der Waals surface area contributed by atoms with Gasteiger partial charge in [0.25, 0.3) is 0 Å². The first kappa shape index (κ1) is 19.2. The van der Waals surface area contributed by atoms with Crippen molar-refractivity contribution in [2.45, 2.75) is 13.8 Å². The zero-order chi connectivity index (χ0) is 19.9. The minimum atomic E-state index is -0.764. The number of fused-ring (bicyclic) bond motifs is 1. The van der Waals surface area contributed by atoms with Gasteiger partial charge in [-0.05, 0) is 37.4 Å². The van der Waals surface area contributed by atoms with E-state index in [4.69, 9.17) is 9.47 Å². The van der Waals surface area contributed by atoms with Crippen LogP contribution in [0.4, 0.5) is 11.4 Å². The molecule has 3 aromatic carbocycles. The van der Waals surface area contributed by atoms with Crippen molar-refractivity contribution >= 4 is 34.0 Å². The van der Waals surface area contributed by atoms with Crippen LogP contribution < -0.4 is 20.1 Å². The van der Waals surface area contributed by atoms with E-state index in [9.17, 15) is 9.59 Å². The van der Waals surface area contributed by atoms with Gasteiger partial charge in [-0.15, -0.1) is 0 Å². The van der Waals surface area contributed by atoms with E-state index in [1.165, 1.54) is 0 Å². The zero-order valence-electron chi connectivity index (χ0n) is 15.8. The molecule has 6 heteroatoms. The minimum Gasteiger partial charge on any atom is -0.490 e.